The number of hydrogen-bond acceptors (Lipinski definition) is 3. The standard InChI is InChI=1S/C22H29NO2/c1-4-22(5-2)11-14-9-18-20-17(8-13(3)23(12-14)21(18)22)16-10-15(24)6-7-19(16)25-20/h6-7,10,13-14,18,21,24H,4-5,8-9,11-12H2,1-3H3/t13-,14?,18?,21?/m1/s1. The average molecular weight is 339 g/mol. The molecule has 2 saturated heterocycles. The van der Waals surface area contributed by atoms with Crippen molar-refractivity contribution in [2.45, 2.75) is 70.9 Å². The first-order chi connectivity index (χ1) is 12.1. The van der Waals surface area contributed by atoms with Crippen molar-refractivity contribution < 1.29 is 9.52 Å². The normalized spacial score (nSPS) is 35.6. The molecular weight excluding hydrogens is 310 g/mol. The van der Waals surface area contributed by atoms with E-state index in [2.05, 4.69) is 25.7 Å². The molecule has 6 rings (SSSR count). The lowest BCUT2D eigenvalue weighted by Crippen LogP contribution is -2.63. The van der Waals surface area contributed by atoms with Crippen LogP contribution in [-0.2, 0) is 6.42 Å². The third-order valence-corrected chi connectivity index (χ3v) is 7.73. The number of rotatable bonds is 2. The SMILES string of the molecule is CCC1(CC)CC2CC3c4oc5ccc(O)cc5c4C[C@@H](C)N(C2)C31. The molecule has 0 radical (unpaired) electrons. The number of phenols is 1. The Morgan fingerprint density at radius 2 is 2.08 bits per heavy atom. The smallest absolute Gasteiger partial charge is 0.134 e. The van der Waals surface area contributed by atoms with Gasteiger partial charge in [0.1, 0.15) is 17.1 Å². The van der Waals surface area contributed by atoms with E-state index in [-0.39, 0.29) is 0 Å². The highest BCUT2D eigenvalue weighted by Crippen LogP contribution is 2.59. The Hall–Kier alpha value is -1.48. The van der Waals surface area contributed by atoms with Gasteiger partial charge in [-0.3, -0.25) is 4.90 Å². The van der Waals surface area contributed by atoms with E-state index in [1.165, 1.54) is 43.6 Å². The molecule has 4 aliphatic rings. The van der Waals surface area contributed by atoms with Gasteiger partial charge in [0.15, 0.2) is 0 Å². The van der Waals surface area contributed by atoms with Crippen LogP contribution in [0.25, 0.3) is 11.0 Å². The van der Waals surface area contributed by atoms with E-state index >= 15 is 0 Å². The van der Waals surface area contributed by atoms with Crippen molar-refractivity contribution in [1.29, 1.82) is 0 Å². The van der Waals surface area contributed by atoms with Crippen LogP contribution in [0.15, 0.2) is 22.6 Å². The van der Waals surface area contributed by atoms with Crippen LogP contribution in [0.5, 0.6) is 5.75 Å². The average Bonchev–Trinajstić information content (AvgIpc) is 2.95. The van der Waals surface area contributed by atoms with Crippen LogP contribution in [0.4, 0.5) is 0 Å². The van der Waals surface area contributed by atoms with Crippen LogP contribution >= 0.6 is 0 Å². The molecule has 0 spiro atoms. The first kappa shape index (κ1) is 15.7. The monoisotopic (exact) mass is 339 g/mol. The molecule has 4 bridgehead atoms. The minimum absolute atomic E-state index is 0.342. The molecule has 1 aliphatic carbocycles. The summed E-state index contributed by atoms with van der Waals surface area (Å²) in [6.07, 6.45) is 6.23. The highest BCUT2D eigenvalue weighted by molar-refractivity contribution is 5.84. The predicted octanol–water partition coefficient (Wildman–Crippen LogP) is 5.07. The summed E-state index contributed by atoms with van der Waals surface area (Å²) in [4.78, 5) is 2.82. The summed E-state index contributed by atoms with van der Waals surface area (Å²) in [6.45, 7) is 8.43. The van der Waals surface area contributed by atoms with Gasteiger partial charge in [0.2, 0.25) is 0 Å². The molecule has 1 aromatic carbocycles. The van der Waals surface area contributed by atoms with Crippen molar-refractivity contribution in [3.05, 3.63) is 29.5 Å². The fourth-order valence-electron chi connectivity index (χ4n) is 6.57. The fourth-order valence-corrected chi connectivity index (χ4v) is 6.57. The van der Waals surface area contributed by atoms with E-state index in [4.69, 9.17) is 4.42 Å². The molecule has 1 N–H and O–H groups in total. The summed E-state index contributed by atoms with van der Waals surface area (Å²) >= 11 is 0. The Balaban J connectivity index is 1.73. The van der Waals surface area contributed by atoms with Crippen molar-refractivity contribution in [2.75, 3.05) is 6.54 Å². The van der Waals surface area contributed by atoms with Crippen LogP contribution < -0.4 is 0 Å². The molecule has 0 amide bonds. The van der Waals surface area contributed by atoms with Gasteiger partial charge in [-0.15, -0.1) is 0 Å². The topological polar surface area (TPSA) is 36.6 Å². The number of aromatic hydroxyl groups is 1. The maximum absolute atomic E-state index is 9.99. The zero-order valence-electron chi connectivity index (χ0n) is 15.6. The maximum Gasteiger partial charge on any atom is 0.134 e. The van der Waals surface area contributed by atoms with Gasteiger partial charge in [0, 0.05) is 35.5 Å². The molecule has 2 aromatic rings. The van der Waals surface area contributed by atoms with Gasteiger partial charge < -0.3 is 9.52 Å². The van der Waals surface area contributed by atoms with E-state index < -0.39 is 0 Å². The Bertz CT molecular complexity index is 819. The van der Waals surface area contributed by atoms with E-state index in [1.807, 2.05) is 12.1 Å². The predicted molar refractivity (Wildman–Crippen MR) is 100 cm³/mol. The minimum Gasteiger partial charge on any atom is -0.508 e. The quantitative estimate of drug-likeness (QED) is 0.830. The van der Waals surface area contributed by atoms with Crippen LogP contribution in [0.1, 0.15) is 63.7 Å². The molecule has 1 saturated carbocycles. The number of piperidine rings is 2. The lowest BCUT2D eigenvalue weighted by Gasteiger charge is -2.60. The van der Waals surface area contributed by atoms with Gasteiger partial charge in [0.25, 0.3) is 0 Å². The van der Waals surface area contributed by atoms with Crippen molar-refractivity contribution in [2.24, 2.45) is 11.3 Å². The molecule has 25 heavy (non-hydrogen) atoms. The summed E-state index contributed by atoms with van der Waals surface area (Å²) in [7, 11) is 0. The van der Waals surface area contributed by atoms with Crippen LogP contribution in [-0.4, -0.2) is 28.6 Å². The second-order valence-electron chi connectivity index (χ2n) is 8.80. The van der Waals surface area contributed by atoms with Gasteiger partial charge in [-0.05, 0) is 68.6 Å². The number of nitrogens with zero attached hydrogens (tertiary/aromatic N) is 1. The molecule has 1 aromatic heterocycles. The van der Waals surface area contributed by atoms with Crippen LogP contribution in [0, 0.1) is 11.3 Å². The second-order valence-corrected chi connectivity index (χ2v) is 8.80. The van der Waals surface area contributed by atoms with E-state index in [0.717, 1.165) is 23.3 Å². The van der Waals surface area contributed by atoms with Crippen LogP contribution in [0.2, 0.25) is 0 Å². The maximum atomic E-state index is 9.99. The number of phenolic OH excluding ortho intramolecular Hbond substituents is 1. The molecule has 5 atom stereocenters. The van der Waals surface area contributed by atoms with Gasteiger partial charge in [-0.25, -0.2) is 0 Å². The summed E-state index contributed by atoms with van der Waals surface area (Å²) in [5, 5.41) is 11.1. The van der Waals surface area contributed by atoms with Gasteiger partial charge in [-0.2, -0.15) is 0 Å². The Morgan fingerprint density at radius 3 is 2.84 bits per heavy atom. The summed E-state index contributed by atoms with van der Waals surface area (Å²) in [5.41, 5.74) is 2.74. The van der Waals surface area contributed by atoms with Gasteiger partial charge in [0.05, 0.1) is 0 Å². The first-order valence-corrected chi connectivity index (χ1v) is 10.1. The lowest BCUT2D eigenvalue weighted by molar-refractivity contribution is -0.0980. The Kier molecular flexibility index (Phi) is 3.31. The summed E-state index contributed by atoms with van der Waals surface area (Å²) in [5.74, 6) is 2.89. The zero-order valence-corrected chi connectivity index (χ0v) is 15.6. The van der Waals surface area contributed by atoms with Crippen molar-refractivity contribution in [1.82, 2.24) is 4.90 Å². The van der Waals surface area contributed by atoms with Gasteiger partial charge >= 0.3 is 0 Å². The molecule has 4 heterocycles. The number of furan rings is 1. The largest absolute Gasteiger partial charge is 0.508 e. The number of benzene rings is 1. The van der Waals surface area contributed by atoms with Crippen molar-refractivity contribution in [3.63, 3.8) is 0 Å². The van der Waals surface area contributed by atoms with Gasteiger partial charge in [-0.1, -0.05) is 13.8 Å². The molecule has 3 nitrogen and oxygen atoms in total. The van der Waals surface area contributed by atoms with Crippen molar-refractivity contribution >= 4 is 11.0 Å². The van der Waals surface area contributed by atoms with Crippen LogP contribution in [0.3, 0.4) is 0 Å². The Labute approximate surface area is 150 Å². The number of hydrogen-bond donors (Lipinski definition) is 1. The highest BCUT2D eigenvalue weighted by atomic mass is 16.3. The zero-order chi connectivity index (χ0) is 17.3. The van der Waals surface area contributed by atoms with E-state index in [1.54, 1.807) is 6.07 Å². The van der Waals surface area contributed by atoms with Crippen molar-refractivity contribution in [3.8, 4) is 5.75 Å². The Morgan fingerprint density at radius 1 is 1.28 bits per heavy atom. The lowest BCUT2D eigenvalue weighted by atomic mass is 9.55. The third-order valence-electron chi connectivity index (χ3n) is 7.73. The molecule has 3 fully saturated rings. The minimum atomic E-state index is 0.342. The second kappa shape index (κ2) is 5.26. The molecule has 134 valence electrons. The first-order valence-electron chi connectivity index (χ1n) is 10.1. The van der Waals surface area contributed by atoms with E-state index in [9.17, 15) is 5.11 Å². The third kappa shape index (κ3) is 2.02. The molecule has 3 aliphatic heterocycles. The molecule has 4 unspecified atom stereocenters. The summed E-state index contributed by atoms with van der Waals surface area (Å²) < 4.78 is 6.46. The molecule has 3 heteroatoms. The number of fused-ring (bicyclic) bond motifs is 4. The fraction of sp³-hybridized carbons (Fsp3) is 0.636. The molecular formula is C22H29NO2. The highest BCUT2D eigenvalue weighted by Gasteiger charge is 2.57. The van der Waals surface area contributed by atoms with E-state index in [0.29, 0.717) is 29.2 Å². The summed E-state index contributed by atoms with van der Waals surface area (Å²) in [6, 6.07) is 6.74.